The molecule has 2 saturated heterocycles. The van der Waals surface area contributed by atoms with E-state index in [-0.39, 0.29) is 12.1 Å². The van der Waals surface area contributed by atoms with E-state index in [0.29, 0.717) is 12.5 Å². The summed E-state index contributed by atoms with van der Waals surface area (Å²) >= 11 is 0. The number of rotatable bonds is 6. The summed E-state index contributed by atoms with van der Waals surface area (Å²) in [5, 5.41) is 7.93. The lowest BCUT2D eigenvalue weighted by molar-refractivity contribution is 0.0759. The van der Waals surface area contributed by atoms with Gasteiger partial charge in [-0.25, -0.2) is 9.78 Å². The van der Waals surface area contributed by atoms with Crippen molar-refractivity contribution >= 4 is 17.0 Å². The van der Waals surface area contributed by atoms with Gasteiger partial charge >= 0.3 is 6.09 Å². The van der Waals surface area contributed by atoms with Gasteiger partial charge in [-0.2, -0.15) is 5.10 Å². The van der Waals surface area contributed by atoms with Crippen LogP contribution in [0.3, 0.4) is 0 Å². The van der Waals surface area contributed by atoms with Crippen LogP contribution >= 0.6 is 0 Å². The maximum atomic E-state index is 12.3. The van der Waals surface area contributed by atoms with Gasteiger partial charge in [0.25, 0.3) is 0 Å². The number of hydrogen-bond acceptors (Lipinski definition) is 7. The lowest BCUT2D eigenvalue weighted by atomic mass is 10.0. The Morgan fingerprint density at radius 1 is 1.03 bits per heavy atom. The highest BCUT2D eigenvalue weighted by molar-refractivity contribution is 5.80. The number of H-pyrrole nitrogens is 1. The van der Waals surface area contributed by atoms with Crippen LogP contribution in [0.15, 0.2) is 60.9 Å². The molecule has 0 atom stereocenters. The van der Waals surface area contributed by atoms with Crippen LogP contribution in [0.2, 0.25) is 0 Å². The molecule has 0 aliphatic carbocycles. The zero-order valence-corrected chi connectivity index (χ0v) is 20.7. The number of amides is 1. The first-order chi connectivity index (χ1) is 18.2. The van der Waals surface area contributed by atoms with E-state index >= 15 is 0 Å². The topological polar surface area (TPSA) is 96.5 Å². The number of cyclic esters (lactones) is 1. The van der Waals surface area contributed by atoms with Gasteiger partial charge in [-0.05, 0) is 62.1 Å². The van der Waals surface area contributed by atoms with E-state index < -0.39 is 0 Å². The second-order valence-corrected chi connectivity index (χ2v) is 9.64. The van der Waals surface area contributed by atoms with Gasteiger partial charge < -0.3 is 14.4 Å². The van der Waals surface area contributed by atoms with Crippen LogP contribution in [-0.4, -0.2) is 68.3 Å². The normalized spacial score (nSPS) is 17.5. The maximum Gasteiger partial charge on any atom is 0.410 e. The quantitative estimate of drug-likeness (QED) is 0.399. The van der Waals surface area contributed by atoms with Crippen LogP contribution in [0.1, 0.15) is 31.4 Å². The number of carbonyl (C=O) groups excluding carboxylic acids is 1. The number of aromatic nitrogens is 4. The average Bonchev–Trinajstić information content (AvgIpc) is 3.38. The highest BCUT2D eigenvalue weighted by Crippen LogP contribution is 2.26. The van der Waals surface area contributed by atoms with Crippen molar-refractivity contribution in [1.82, 2.24) is 30.0 Å². The van der Waals surface area contributed by atoms with Crippen molar-refractivity contribution in [1.29, 1.82) is 0 Å². The fourth-order valence-corrected chi connectivity index (χ4v) is 5.10. The molecule has 2 aliphatic rings. The Labute approximate surface area is 215 Å². The fourth-order valence-electron chi connectivity index (χ4n) is 5.10. The summed E-state index contributed by atoms with van der Waals surface area (Å²) in [5.74, 6) is 1.25. The third-order valence-electron chi connectivity index (χ3n) is 7.13. The molecule has 0 spiro atoms. The first-order valence-corrected chi connectivity index (χ1v) is 12.9. The maximum absolute atomic E-state index is 12.3. The van der Waals surface area contributed by atoms with E-state index in [1.165, 1.54) is 0 Å². The minimum atomic E-state index is -0.141. The lowest BCUT2D eigenvalue weighted by Crippen LogP contribution is -2.47. The first kappa shape index (κ1) is 23.4. The van der Waals surface area contributed by atoms with Crippen molar-refractivity contribution in [3.8, 4) is 22.9 Å². The lowest BCUT2D eigenvalue weighted by Gasteiger charge is -2.37. The van der Waals surface area contributed by atoms with Gasteiger partial charge in [-0.3, -0.25) is 15.0 Å². The molecule has 0 saturated carbocycles. The summed E-state index contributed by atoms with van der Waals surface area (Å²) < 4.78 is 11.3. The predicted octanol–water partition coefficient (Wildman–Crippen LogP) is 5.01. The van der Waals surface area contributed by atoms with E-state index in [1.54, 1.807) is 12.4 Å². The number of carbonyl (C=O) groups is 1. The summed E-state index contributed by atoms with van der Waals surface area (Å²) in [4.78, 5) is 25.9. The van der Waals surface area contributed by atoms with Crippen molar-refractivity contribution in [3.63, 3.8) is 0 Å². The van der Waals surface area contributed by atoms with Crippen LogP contribution in [0.25, 0.3) is 22.2 Å². The molecule has 0 bridgehead atoms. The molecule has 9 nitrogen and oxygen atoms in total. The smallest absolute Gasteiger partial charge is 0.410 e. The third kappa shape index (κ3) is 5.41. The number of nitrogens with zero attached hydrogens (tertiary/aromatic N) is 5. The summed E-state index contributed by atoms with van der Waals surface area (Å²) in [5.41, 5.74) is 3.85. The Balaban J connectivity index is 1.06. The molecule has 1 N–H and O–H groups in total. The molecule has 0 unspecified atom stereocenters. The molecular formula is C28H30N6O3. The molecule has 5 heterocycles. The number of nitrogens with one attached hydrogen (secondary N) is 1. The van der Waals surface area contributed by atoms with E-state index in [0.717, 1.165) is 85.5 Å². The third-order valence-corrected chi connectivity index (χ3v) is 7.13. The summed E-state index contributed by atoms with van der Waals surface area (Å²) in [6.45, 7) is 4.07. The molecule has 1 amide bonds. The van der Waals surface area contributed by atoms with Gasteiger partial charge in [0.05, 0.1) is 23.5 Å². The van der Waals surface area contributed by atoms with Crippen LogP contribution < -0.4 is 4.74 Å². The molecule has 4 aromatic rings. The Morgan fingerprint density at radius 2 is 1.95 bits per heavy atom. The second kappa shape index (κ2) is 10.6. The molecule has 37 heavy (non-hydrogen) atoms. The molecule has 1 aromatic carbocycles. The molecule has 9 heteroatoms. The van der Waals surface area contributed by atoms with E-state index in [9.17, 15) is 4.79 Å². The first-order valence-electron chi connectivity index (χ1n) is 12.9. The minimum Gasteiger partial charge on any atom is -0.449 e. The minimum absolute atomic E-state index is 0.141. The van der Waals surface area contributed by atoms with E-state index in [2.05, 4.69) is 32.2 Å². The molecule has 2 aliphatic heterocycles. The van der Waals surface area contributed by atoms with Crippen molar-refractivity contribution in [3.05, 3.63) is 66.6 Å². The Bertz CT molecular complexity index is 1350. The number of likely N-dealkylation sites (tertiary alicyclic amines) is 1. The summed E-state index contributed by atoms with van der Waals surface area (Å²) in [7, 11) is 0. The Morgan fingerprint density at radius 3 is 2.76 bits per heavy atom. The van der Waals surface area contributed by atoms with E-state index in [1.807, 2.05) is 41.3 Å². The average molecular weight is 499 g/mol. The molecular weight excluding hydrogens is 468 g/mol. The van der Waals surface area contributed by atoms with Gasteiger partial charge in [0.1, 0.15) is 5.75 Å². The molecule has 3 aromatic heterocycles. The predicted molar refractivity (Wildman–Crippen MR) is 139 cm³/mol. The van der Waals surface area contributed by atoms with Gasteiger partial charge in [-0.1, -0.05) is 6.07 Å². The summed E-state index contributed by atoms with van der Waals surface area (Å²) in [6, 6.07) is 16.1. The number of piperidine rings is 1. The van der Waals surface area contributed by atoms with Gasteiger partial charge in [-0.15, -0.1) is 0 Å². The fraction of sp³-hybridized carbons (Fsp3) is 0.357. The number of aromatic amines is 1. The van der Waals surface area contributed by atoms with Crippen LogP contribution in [0, 0.1) is 0 Å². The number of fused-ring (bicyclic) bond motifs is 1. The molecule has 2 fully saturated rings. The van der Waals surface area contributed by atoms with Crippen molar-refractivity contribution < 1.29 is 14.3 Å². The van der Waals surface area contributed by atoms with Gasteiger partial charge in [0.15, 0.2) is 0 Å². The van der Waals surface area contributed by atoms with Crippen molar-refractivity contribution in [2.24, 2.45) is 0 Å². The number of pyridine rings is 2. The Hall–Kier alpha value is -3.98. The zero-order valence-electron chi connectivity index (χ0n) is 20.7. The van der Waals surface area contributed by atoms with Crippen LogP contribution in [-0.2, 0) is 11.3 Å². The van der Waals surface area contributed by atoms with Crippen molar-refractivity contribution in [2.45, 2.75) is 38.3 Å². The standard InChI is InChI=1S/C28H30N6O3/c35-28-34(13-1-2-16-36-28)23-10-14-33(15-11-23)19-22-5-3-20-17-24(6-7-25(20)31-22)37-27-8-4-21(18-29-27)26-9-12-30-32-26/h3-9,12,17-18,23H,1-2,10-11,13-16,19H2,(H,30,32). The van der Waals surface area contributed by atoms with E-state index in [4.69, 9.17) is 14.5 Å². The monoisotopic (exact) mass is 498 g/mol. The van der Waals surface area contributed by atoms with Crippen LogP contribution in [0.5, 0.6) is 11.6 Å². The molecule has 6 rings (SSSR count). The SMILES string of the molecule is O=C1OCCCCN1C1CCN(Cc2ccc3cc(Oc4ccc(-c5ccn[nH]5)cn4)ccc3n2)CC1. The molecule has 190 valence electrons. The number of hydrogen-bond donors (Lipinski definition) is 1. The Kier molecular flexibility index (Phi) is 6.68. The molecule has 0 radical (unpaired) electrons. The van der Waals surface area contributed by atoms with Gasteiger partial charge in [0.2, 0.25) is 5.88 Å². The van der Waals surface area contributed by atoms with Crippen molar-refractivity contribution in [2.75, 3.05) is 26.2 Å². The van der Waals surface area contributed by atoms with Crippen LogP contribution in [0.4, 0.5) is 4.79 Å². The second-order valence-electron chi connectivity index (χ2n) is 9.64. The highest BCUT2D eigenvalue weighted by Gasteiger charge is 2.29. The summed E-state index contributed by atoms with van der Waals surface area (Å²) in [6.07, 6.45) is 7.26. The zero-order chi connectivity index (χ0) is 25.0. The van der Waals surface area contributed by atoms with Gasteiger partial charge in [0, 0.05) is 61.6 Å². The number of ether oxygens (including phenoxy) is 2. The highest BCUT2D eigenvalue weighted by atomic mass is 16.6. The largest absolute Gasteiger partial charge is 0.449 e. The number of benzene rings is 1.